The maximum absolute atomic E-state index is 11.5. The number of rotatable bonds is 7. The van der Waals surface area contributed by atoms with Crippen LogP contribution in [0, 0.1) is 0 Å². The Hall–Kier alpha value is -1.36. The number of aromatic nitrogens is 2. The van der Waals surface area contributed by atoms with Crippen LogP contribution in [-0.4, -0.2) is 34.1 Å². The van der Waals surface area contributed by atoms with Crippen molar-refractivity contribution in [2.24, 2.45) is 0 Å². The lowest BCUT2D eigenvalue weighted by molar-refractivity contribution is -0.120. The van der Waals surface area contributed by atoms with Crippen molar-refractivity contribution in [1.82, 2.24) is 20.2 Å². The molecule has 2 N–H and O–H groups in total. The van der Waals surface area contributed by atoms with Crippen LogP contribution in [0.3, 0.4) is 0 Å². The van der Waals surface area contributed by atoms with E-state index in [1.165, 1.54) is 0 Å². The Balaban J connectivity index is 1.70. The molecule has 1 unspecified atom stereocenters. The average molecular weight is 250 g/mol. The third-order valence-corrected chi connectivity index (χ3v) is 3.14. The Bertz CT molecular complexity index is 397. The van der Waals surface area contributed by atoms with E-state index < -0.39 is 0 Å². The summed E-state index contributed by atoms with van der Waals surface area (Å²) in [5, 5.41) is 6.21. The van der Waals surface area contributed by atoms with E-state index in [-0.39, 0.29) is 11.9 Å². The second-order valence-electron chi connectivity index (χ2n) is 4.97. The van der Waals surface area contributed by atoms with Crippen molar-refractivity contribution in [3.63, 3.8) is 0 Å². The van der Waals surface area contributed by atoms with Gasteiger partial charge in [-0.05, 0) is 19.8 Å². The van der Waals surface area contributed by atoms with E-state index in [0.717, 1.165) is 31.6 Å². The first-order valence-corrected chi connectivity index (χ1v) is 6.71. The predicted octanol–water partition coefficient (Wildman–Crippen LogP) is 0.702. The lowest BCUT2D eigenvalue weighted by Crippen LogP contribution is -2.40. The van der Waals surface area contributed by atoms with Crippen LogP contribution in [0.5, 0.6) is 0 Å². The summed E-state index contributed by atoms with van der Waals surface area (Å²) in [7, 11) is 0. The van der Waals surface area contributed by atoms with E-state index in [2.05, 4.69) is 34.0 Å². The third kappa shape index (κ3) is 3.84. The second kappa shape index (κ2) is 6.00. The molecule has 1 saturated carbocycles. The van der Waals surface area contributed by atoms with Crippen LogP contribution in [0.15, 0.2) is 12.4 Å². The number of carbonyl (C=O) groups excluding carboxylic acids is 1. The molecule has 0 spiro atoms. The Morgan fingerprint density at radius 3 is 3.06 bits per heavy atom. The van der Waals surface area contributed by atoms with E-state index in [4.69, 9.17) is 0 Å². The molecule has 1 aliphatic rings. The van der Waals surface area contributed by atoms with Gasteiger partial charge in [0, 0.05) is 37.4 Å². The van der Waals surface area contributed by atoms with Crippen LogP contribution in [0.1, 0.15) is 32.5 Å². The Morgan fingerprint density at radius 1 is 1.61 bits per heavy atom. The zero-order valence-electron chi connectivity index (χ0n) is 11.1. The summed E-state index contributed by atoms with van der Waals surface area (Å²) < 4.78 is 2.14. The lowest BCUT2D eigenvalue weighted by atomic mass is 10.3. The van der Waals surface area contributed by atoms with Gasteiger partial charge in [0.05, 0.1) is 6.54 Å². The molecule has 0 saturated heterocycles. The summed E-state index contributed by atoms with van der Waals surface area (Å²) in [4.78, 5) is 15.8. The smallest absolute Gasteiger partial charge is 0.234 e. The lowest BCUT2D eigenvalue weighted by Gasteiger charge is -2.15. The van der Waals surface area contributed by atoms with Gasteiger partial charge < -0.3 is 15.2 Å². The first-order valence-electron chi connectivity index (χ1n) is 6.71. The van der Waals surface area contributed by atoms with Crippen molar-refractivity contribution in [2.75, 3.05) is 6.54 Å². The van der Waals surface area contributed by atoms with Gasteiger partial charge in [0.15, 0.2) is 0 Å². The van der Waals surface area contributed by atoms with Gasteiger partial charge in [-0.15, -0.1) is 0 Å². The highest BCUT2D eigenvalue weighted by molar-refractivity contribution is 5.78. The number of amides is 1. The molecule has 1 aromatic rings. The van der Waals surface area contributed by atoms with Crippen molar-refractivity contribution in [3.05, 3.63) is 18.2 Å². The zero-order valence-corrected chi connectivity index (χ0v) is 11.1. The standard InChI is InChI=1S/C13H22N4O/c1-3-12-14-6-7-17(12)9-10(2)15-8-13(18)16-11-4-5-11/h6-7,10-11,15H,3-5,8-9H2,1-2H3,(H,16,18). The van der Waals surface area contributed by atoms with Gasteiger partial charge in [0.25, 0.3) is 0 Å². The average Bonchev–Trinajstić information content (AvgIpc) is 3.04. The number of hydrogen-bond donors (Lipinski definition) is 2. The highest BCUT2D eigenvalue weighted by Gasteiger charge is 2.23. The largest absolute Gasteiger partial charge is 0.352 e. The van der Waals surface area contributed by atoms with Crippen molar-refractivity contribution in [2.45, 2.75) is 51.7 Å². The highest BCUT2D eigenvalue weighted by Crippen LogP contribution is 2.18. The topological polar surface area (TPSA) is 59.0 Å². The molecule has 18 heavy (non-hydrogen) atoms. The van der Waals surface area contributed by atoms with Crippen molar-refractivity contribution in [3.8, 4) is 0 Å². The van der Waals surface area contributed by atoms with E-state index in [0.29, 0.717) is 12.6 Å². The molecule has 0 aliphatic heterocycles. The summed E-state index contributed by atoms with van der Waals surface area (Å²) in [6.07, 6.45) is 7.01. The van der Waals surface area contributed by atoms with Gasteiger partial charge in [0.2, 0.25) is 5.91 Å². The van der Waals surface area contributed by atoms with Crippen LogP contribution in [0.25, 0.3) is 0 Å². The fourth-order valence-corrected chi connectivity index (χ4v) is 1.95. The molecule has 5 heteroatoms. The molecular weight excluding hydrogens is 228 g/mol. The second-order valence-corrected chi connectivity index (χ2v) is 4.97. The highest BCUT2D eigenvalue weighted by atomic mass is 16.2. The maximum atomic E-state index is 11.5. The first kappa shape index (κ1) is 13.1. The summed E-state index contributed by atoms with van der Waals surface area (Å²) in [6, 6.07) is 0.699. The van der Waals surface area contributed by atoms with Gasteiger partial charge >= 0.3 is 0 Å². The number of nitrogens with one attached hydrogen (secondary N) is 2. The summed E-state index contributed by atoms with van der Waals surface area (Å²) >= 11 is 0. The number of carbonyl (C=O) groups is 1. The van der Waals surface area contributed by atoms with Crippen molar-refractivity contribution >= 4 is 5.91 Å². The molecule has 1 amide bonds. The molecule has 0 radical (unpaired) electrons. The quantitative estimate of drug-likeness (QED) is 0.749. The third-order valence-electron chi connectivity index (χ3n) is 3.14. The molecular formula is C13H22N4O. The maximum Gasteiger partial charge on any atom is 0.234 e. The molecule has 1 heterocycles. The fraction of sp³-hybridized carbons (Fsp3) is 0.692. The van der Waals surface area contributed by atoms with Crippen molar-refractivity contribution in [1.29, 1.82) is 0 Å². The first-order chi connectivity index (χ1) is 8.69. The molecule has 1 aromatic heterocycles. The molecule has 1 atom stereocenters. The van der Waals surface area contributed by atoms with Crippen LogP contribution in [0.4, 0.5) is 0 Å². The van der Waals surface area contributed by atoms with Gasteiger partial charge in [-0.2, -0.15) is 0 Å². The molecule has 0 bridgehead atoms. The summed E-state index contributed by atoms with van der Waals surface area (Å²) in [5.74, 6) is 1.19. The van der Waals surface area contributed by atoms with Crippen LogP contribution in [-0.2, 0) is 17.8 Å². The summed E-state index contributed by atoms with van der Waals surface area (Å²) in [6.45, 7) is 5.43. The van der Waals surface area contributed by atoms with Gasteiger partial charge in [-0.3, -0.25) is 4.79 Å². The Morgan fingerprint density at radius 2 is 2.39 bits per heavy atom. The number of nitrogens with zero attached hydrogens (tertiary/aromatic N) is 2. The van der Waals surface area contributed by atoms with E-state index in [1.807, 2.05) is 12.4 Å². The molecule has 1 fully saturated rings. The minimum absolute atomic E-state index is 0.102. The molecule has 5 nitrogen and oxygen atoms in total. The minimum atomic E-state index is 0.102. The molecule has 0 aromatic carbocycles. The Labute approximate surface area is 108 Å². The van der Waals surface area contributed by atoms with E-state index in [1.54, 1.807) is 0 Å². The van der Waals surface area contributed by atoms with Crippen LogP contribution in [0.2, 0.25) is 0 Å². The van der Waals surface area contributed by atoms with Gasteiger partial charge in [-0.25, -0.2) is 4.98 Å². The van der Waals surface area contributed by atoms with Crippen LogP contribution >= 0.6 is 0 Å². The van der Waals surface area contributed by atoms with E-state index in [9.17, 15) is 4.79 Å². The normalized spacial score (nSPS) is 16.6. The molecule has 1 aliphatic carbocycles. The number of imidazole rings is 1. The molecule has 2 rings (SSSR count). The van der Waals surface area contributed by atoms with Gasteiger partial charge in [0.1, 0.15) is 5.82 Å². The monoisotopic (exact) mass is 250 g/mol. The molecule has 100 valence electrons. The van der Waals surface area contributed by atoms with E-state index >= 15 is 0 Å². The number of aryl methyl sites for hydroxylation is 1. The van der Waals surface area contributed by atoms with Gasteiger partial charge in [-0.1, -0.05) is 6.92 Å². The fourth-order valence-electron chi connectivity index (χ4n) is 1.95. The van der Waals surface area contributed by atoms with Crippen LogP contribution < -0.4 is 10.6 Å². The summed E-state index contributed by atoms with van der Waals surface area (Å²) in [5.41, 5.74) is 0. The zero-order chi connectivity index (χ0) is 13.0. The SMILES string of the molecule is CCc1nccn1CC(C)NCC(=O)NC1CC1. The van der Waals surface area contributed by atoms with Crippen molar-refractivity contribution < 1.29 is 4.79 Å². The Kier molecular flexibility index (Phi) is 4.36. The predicted molar refractivity (Wildman–Crippen MR) is 70.2 cm³/mol. The minimum Gasteiger partial charge on any atom is -0.352 e. The number of hydrogen-bond acceptors (Lipinski definition) is 3.